The van der Waals surface area contributed by atoms with Gasteiger partial charge >= 0.3 is 0 Å². The van der Waals surface area contributed by atoms with Crippen molar-refractivity contribution in [2.45, 2.75) is 51.2 Å². The third-order valence-electron chi connectivity index (χ3n) is 4.99. The van der Waals surface area contributed by atoms with Gasteiger partial charge in [0.25, 0.3) is 0 Å². The fourth-order valence-electron chi connectivity index (χ4n) is 3.58. The standard InChI is InChI=1S/C19H28N4O3/c1-24-16-9-7-14(11-17(16)25-2)6-8-15-5-3-4-10-23(15)13-18-21-19(12-20)26-22-18/h7,9,11,15H,3-6,8,10,12-13,20H2,1-2H3. The van der Waals surface area contributed by atoms with E-state index in [0.29, 0.717) is 11.9 Å². The molecular weight excluding hydrogens is 332 g/mol. The van der Waals surface area contributed by atoms with E-state index in [1.807, 2.05) is 6.07 Å². The van der Waals surface area contributed by atoms with Crippen molar-refractivity contribution in [2.75, 3.05) is 20.8 Å². The van der Waals surface area contributed by atoms with Crippen molar-refractivity contribution in [3.63, 3.8) is 0 Å². The minimum atomic E-state index is 0.287. The summed E-state index contributed by atoms with van der Waals surface area (Å²) in [6, 6.07) is 6.68. The molecule has 1 fully saturated rings. The Hall–Kier alpha value is -2.12. The summed E-state index contributed by atoms with van der Waals surface area (Å²) in [4.78, 5) is 6.81. The van der Waals surface area contributed by atoms with E-state index in [-0.39, 0.29) is 6.54 Å². The lowest BCUT2D eigenvalue weighted by Gasteiger charge is -2.35. The molecule has 1 aliphatic heterocycles. The Balaban J connectivity index is 1.61. The van der Waals surface area contributed by atoms with Gasteiger partial charge in [-0.3, -0.25) is 4.90 Å². The second-order valence-corrected chi connectivity index (χ2v) is 6.66. The number of ether oxygens (including phenoxy) is 2. The van der Waals surface area contributed by atoms with Gasteiger partial charge < -0.3 is 19.7 Å². The van der Waals surface area contributed by atoms with E-state index in [2.05, 4.69) is 27.2 Å². The average molecular weight is 360 g/mol. The largest absolute Gasteiger partial charge is 0.493 e. The molecule has 1 aromatic carbocycles. The molecule has 0 aliphatic carbocycles. The second kappa shape index (κ2) is 9.00. The highest BCUT2D eigenvalue weighted by molar-refractivity contribution is 5.42. The van der Waals surface area contributed by atoms with Gasteiger partial charge in [0.2, 0.25) is 5.89 Å². The summed E-state index contributed by atoms with van der Waals surface area (Å²) in [7, 11) is 3.33. The van der Waals surface area contributed by atoms with E-state index in [1.165, 1.54) is 24.8 Å². The maximum atomic E-state index is 5.55. The average Bonchev–Trinajstić information content (AvgIpc) is 3.14. The van der Waals surface area contributed by atoms with Gasteiger partial charge in [-0.15, -0.1) is 0 Å². The molecule has 3 rings (SSSR count). The molecule has 0 bridgehead atoms. The van der Waals surface area contributed by atoms with Crippen LogP contribution in [0.25, 0.3) is 0 Å². The number of rotatable bonds is 8. The van der Waals surface area contributed by atoms with Crippen LogP contribution in [0.1, 0.15) is 43.0 Å². The summed E-state index contributed by atoms with van der Waals surface area (Å²) >= 11 is 0. The molecule has 2 heterocycles. The number of hydrogen-bond donors (Lipinski definition) is 1. The summed E-state index contributed by atoms with van der Waals surface area (Å²) in [5, 5.41) is 4.04. The third kappa shape index (κ3) is 4.53. The van der Waals surface area contributed by atoms with Crippen molar-refractivity contribution in [1.29, 1.82) is 0 Å². The van der Waals surface area contributed by atoms with Gasteiger partial charge in [0.05, 0.1) is 27.3 Å². The molecule has 2 aromatic rings. The number of methoxy groups -OCH3 is 2. The van der Waals surface area contributed by atoms with Crippen molar-refractivity contribution in [3.8, 4) is 11.5 Å². The number of aromatic nitrogens is 2. The molecule has 0 spiro atoms. The summed E-state index contributed by atoms with van der Waals surface area (Å²) in [6.45, 7) is 2.08. The first-order valence-electron chi connectivity index (χ1n) is 9.20. The van der Waals surface area contributed by atoms with Crippen LogP contribution in [0.4, 0.5) is 0 Å². The van der Waals surface area contributed by atoms with E-state index >= 15 is 0 Å². The van der Waals surface area contributed by atoms with Crippen molar-refractivity contribution in [3.05, 3.63) is 35.5 Å². The maximum absolute atomic E-state index is 5.55. The molecule has 7 heteroatoms. The van der Waals surface area contributed by atoms with E-state index in [0.717, 1.165) is 43.3 Å². The van der Waals surface area contributed by atoms with Crippen LogP contribution in [0.2, 0.25) is 0 Å². The number of aryl methyl sites for hydroxylation is 1. The highest BCUT2D eigenvalue weighted by Crippen LogP contribution is 2.29. The molecule has 1 atom stereocenters. The Bertz CT molecular complexity index is 704. The van der Waals surface area contributed by atoms with Gasteiger partial charge in [-0.25, -0.2) is 0 Å². The predicted octanol–water partition coefficient (Wildman–Crippen LogP) is 2.53. The molecule has 1 aliphatic rings. The number of piperidine rings is 1. The number of benzene rings is 1. The predicted molar refractivity (Wildman–Crippen MR) is 98.1 cm³/mol. The fourth-order valence-corrected chi connectivity index (χ4v) is 3.58. The smallest absolute Gasteiger partial charge is 0.240 e. The topological polar surface area (TPSA) is 86.6 Å². The molecule has 1 unspecified atom stereocenters. The molecule has 1 saturated heterocycles. The molecule has 1 aromatic heterocycles. The van der Waals surface area contributed by atoms with Crippen LogP contribution in [0, 0.1) is 0 Å². The van der Waals surface area contributed by atoms with E-state index in [9.17, 15) is 0 Å². The van der Waals surface area contributed by atoms with Crippen molar-refractivity contribution in [1.82, 2.24) is 15.0 Å². The molecule has 142 valence electrons. The zero-order valence-electron chi connectivity index (χ0n) is 15.6. The van der Waals surface area contributed by atoms with Gasteiger partial charge in [-0.1, -0.05) is 17.6 Å². The zero-order valence-corrected chi connectivity index (χ0v) is 15.6. The third-order valence-corrected chi connectivity index (χ3v) is 4.99. The van der Waals surface area contributed by atoms with Crippen molar-refractivity contribution >= 4 is 0 Å². The van der Waals surface area contributed by atoms with Crippen LogP contribution in [-0.2, 0) is 19.5 Å². The highest BCUT2D eigenvalue weighted by Gasteiger charge is 2.24. The summed E-state index contributed by atoms with van der Waals surface area (Å²) in [5.74, 6) is 2.78. The van der Waals surface area contributed by atoms with E-state index in [1.54, 1.807) is 14.2 Å². The molecule has 2 N–H and O–H groups in total. The lowest BCUT2D eigenvalue weighted by atomic mass is 9.95. The van der Waals surface area contributed by atoms with Crippen LogP contribution in [0.3, 0.4) is 0 Å². The Morgan fingerprint density at radius 1 is 1.23 bits per heavy atom. The fraction of sp³-hybridized carbons (Fsp3) is 0.579. The number of hydrogen-bond acceptors (Lipinski definition) is 7. The molecule has 26 heavy (non-hydrogen) atoms. The van der Waals surface area contributed by atoms with Crippen LogP contribution in [0.5, 0.6) is 11.5 Å². The minimum absolute atomic E-state index is 0.287. The van der Waals surface area contributed by atoms with Crippen LogP contribution < -0.4 is 15.2 Å². The summed E-state index contributed by atoms with van der Waals surface area (Å²) < 4.78 is 15.9. The van der Waals surface area contributed by atoms with Crippen LogP contribution in [0.15, 0.2) is 22.7 Å². The Labute approximate surface area is 154 Å². The van der Waals surface area contributed by atoms with E-state index in [4.69, 9.17) is 19.7 Å². The molecule has 0 saturated carbocycles. The Kier molecular flexibility index (Phi) is 6.46. The first-order chi connectivity index (χ1) is 12.7. The molecular formula is C19H28N4O3. The lowest BCUT2D eigenvalue weighted by molar-refractivity contribution is 0.128. The van der Waals surface area contributed by atoms with Crippen molar-refractivity contribution in [2.24, 2.45) is 5.73 Å². The molecule has 7 nitrogen and oxygen atoms in total. The van der Waals surface area contributed by atoms with Crippen LogP contribution >= 0.6 is 0 Å². The first kappa shape index (κ1) is 18.7. The maximum Gasteiger partial charge on any atom is 0.240 e. The van der Waals surface area contributed by atoms with Gasteiger partial charge in [-0.2, -0.15) is 4.98 Å². The number of likely N-dealkylation sites (tertiary alicyclic amines) is 1. The zero-order chi connectivity index (χ0) is 18.4. The lowest BCUT2D eigenvalue weighted by Crippen LogP contribution is -2.39. The van der Waals surface area contributed by atoms with Gasteiger partial charge in [0, 0.05) is 6.04 Å². The van der Waals surface area contributed by atoms with E-state index < -0.39 is 0 Å². The monoisotopic (exact) mass is 360 g/mol. The van der Waals surface area contributed by atoms with Gasteiger partial charge in [-0.05, 0) is 49.9 Å². The summed E-state index contributed by atoms with van der Waals surface area (Å²) in [6.07, 6.45) is 5.79. The van der Waals surface area contributed by atoms with Gasteiger partial charge in [0.1, 0.15) is 0 Å². The van der Waals surface area contributed by atoms with Crippen molar-refractivity contribution < 1.29 is 14.0 Å². The van der Waals surface area contributed by atoms with Crippen LogP contribution in [-0.4, -0.2) is 41.8 Å². The highest BCUT2D eigenvalue weighted by atomic mass is 16.5. The normalized spacial score (nSPS) is 18.0. The summed E-state index contributed by atoms with van der Waals surface area (Å²) in [5.41, 5.74) is 6.81. The first-order valence-corrected chi connectivity index (χ1v) is 9.20. The minimum Gasteiger partial charge on any atom is -0.493 e. The second-order valence-electron chi connectivity index (χ2n) is 6.66. The Morgan fingerprint density at radius 3 is 2.81 bits per heavy atom. The number of nitrogens with two attached hydrogens (primary N) is 1. The van der Waals surface area contributed by atoms with Gasteiger partial charge in [0.15, 0.2) is 17.3 Å². The molecule has 0 radical (unpaired) electrons. The molecule has 0 amide bonds. The number of nitrogens with zero attached hydrogens (tertiary/aromatic N) is 3. The quantitative estimate of drug-likeness (QED) is 0.774. The SMILES string of the molecule is COc1ccc(CCC2CCCCN2Cc2noc(CN)n2)cc1OC. The Morgan fingerprint density at radius 2 is 2.08 bits per heavy atom.